The minimum Gasteiger partial charge on any atom is -0.370 e. The summed E-state index contributed by atoms with van der Waals surface area (Å²) in [5.74, 6) is -1.57. The van der Waals surface area contributed by atoms with Crippen LogP contribution in [0.1, 0.15) is 56.6 Å². The first-order valence-electron chi connectivity index (χ1n) is 9.42. The fourth-order valence-electron chi connectivity index (χ4n) is 2.91. The molecular formula is C20H30N4O4. The van der Waals surface area contributed by atoms with Crippen molar-refractivity contribution in [2.75, 3.05) is 5.32 Å². The molecule has 1 aromatic carbocycles. The van der Waals surface area contributed by atoms with E-state index in [0.29, 0.717) is 12.1 Å². The van der Waals surface area contributed by atoms with Gasteiger partial charge in [-0.05, 0) is 55.9 Å². The maximum absolute atomic E-state index is 12.5. The van der Waals surface area contributed by atoms with E-state index >= 15 is 0 Å². The van der Waals surface area contributed by atoms with Crippen molar-refractivity contribution in [2.24, 2.45) is 11.5 Å². The molecule has 154 valence electrons. The molecule has 0 radical (unpaired) electrons. The number of hydrogen-bond acceptors (Lipinski definition) is 4. The first-order valence-corrected chi connectivity index (χ1v) is 9.42. The lowest BCUT2D eigenvalue weighted by Crippen LogP contribution is -2.43. The van der Waals surface area contributed by atoms with Crippen LogP contribution >= 0.6 is 0 Å². The van der Waals surface area contributed by atoms with E-state index in [-0.39, 0.29) is 24.7 Å². The van der Waals surface area contributed by atoms with Crippen LogP contribution in [0, 0.1) is 6.92 Å². The molecule has 0 saturated carbocycles. The molecule has 8 nitrogen and oxygen atoms in total. The van der Waals surface area contributed by atoms with Gasteiger partial charge in [0, 0.05) is 25.5 Å². The zero-order chi connectivity index (χ0) is 21.1. The lowest BCUT2D eigenvalue weighted by Gasteiger charge is -2.17. The summed E-state index contributed by atoms with van der Waals surface area (Å²) in [6, 6.07) is 4.94. The molecule has 1 rings (SSSR count). The van der Waals surface area contributed by atoms with E-state index in [9.17, 15) is 19.2 Å². The standard InChI is InChI=1S/C20H30N4O4/c1-13-10-15(6-4-3-5-7-18(21)26)12-16(11-13)24-20(28)17(23-14(2)25)8-9-19(22)27/h10-12,17H,3-9H2,1-2H3,(H2,21,26)(H2,22,27)(H,23,25)(H,24,28)/t17-/m0/s1. The summed E-state index contributed by atoms with van der Waals surface area (Å²) in [4.78, 5) is 45.6. The van der Waals surface area contributed by atoms with E-state index in [0.717, 1.165) is 36.8 Å². The molecule has 1 aromatic rings. The third-order valence-electron chi connectivity index (χ3n) is 4.17. The zero-order valence-electron chi connectivity index (χ0n) is 16.5. The number of unbranched alkanes of at least 4 members (excludes halogenated alkanes) is 2. The highest BCUT2D eigenvalue weighted by atomic mass is 16.2. The number of primary amides is 2. The van der Waals surface area contributed by atoms with Gasteiger partial charge < -0.3 is 22.1 Å². The Labute approximate surface area is 165 Å². The number of aryl methyl sites for hydroxylation is 2. The number of anilines is 1. The molecular weight excluding hydrogens is 360 g/mol. The third-order valence-corrected chi connectivity index (χ3v) is 4.17. The predicted molar refractivity (Wildman–Crippen MR) is 107 cm³/mol. The monoisotopic (exact) mass is 390 g/mol. The molecule has 0 bridgehead atoms. The van der Waals surface area contributed by atoms with Gasteiger partial charge in [-0.25, -0.2) is 0 Å². The highest BCUT2D eigenvalue weighted by molar-refractivity contribution is 5.97. The van der Waals surface area contributed by atoms with Crippen LogP contribution in [0.2, 0.25) is 0 Å². The van der Waals surface area contributed by atoms with Gasteiger partial charge in [-0.1, -0.05) is 12.5 Å². The van der Waals surface area contributed by atoms with Crippen molar-refractivity contribution in [1.82, 2.24) is 5.32 Å². The Balaban J connectivity index is 2.70. The first kappa shape index (κ1) is 23.1. The molecule has 0 aliphatic heterocycles. The average Bonchev–Trinajstić information content (AvgIpc) is 2.57. The summed E-state index contributed by atoms with van der Waals surface area (Å²) in [7, 11) is 0. The number of rotatable bonds is 12. The molecule has 28 heavy (non-hydrogen) atoms. The molecule has 0 spiro atoms. The van der Waals surface area contributed by atoms with Crippen LogP contribution in [0.3, 0.4) is 0 Å². The van der Waals surface area contributed by atoms with Gasteiger partial charge in [-0.15, -0.1) is 0 Å². The van der Waals surface area contributed by atoms with Crippen molar-refractivity contribution in [3.8, 4) is 0 Å². The van der Waals surface area contributed by atoms with Crippen LogP contribution in [0.4, 0.5) is 5.69 Å². The third kappa shape index (κ3) is 9.70. The van der Waals surface area contributed by atoms with Crippen molar-refractivity contribution in [3.63, 3.8) is 0 Å². The summed E-state index contributed by atoms with van der Waals surface area (Å²) >= 11 is 0. The van der Waals surface area contributed by atoms with Crippen molar-refractivity contribution in [2.45, 2.75) is 64.8 Å². The van der Waals surface area contributed by atoms with Crippen LogP contribution in [0.15, 0.2) is 18.2 Å². The SMILES string of the molecule is CC(=O)N[C@@H](CCC(N)=O)C(=O)Nc1cc(C)cc(CCCCCC(N)=O)c1. The summed E-state index contributed by atoms with van der Waals surface area (Å²) in [6.07, 6.45) is 3.93. The van der Waals surface area contributed by atoms with Crippen LogP contribution < -0.4 is 22.1 Å². The van der Waals surface area contributed by atoms with E-state index in [1.54, 1.807) is 0 Å². The smallest absolute Gasteiger partial charge is 0.246 e. The number of carbonyl (C=O) groups is 4. The lowest BCUT2D eigenvalue weighted by molar-refractivity contribution is -0.126. The second kappa shape index (κ2) is 11.7. The van der Waals surface area contributed by atoms with Crippen LogP contribution in [-0.4, -0.2) is 29.7 Å². The van der Waals surface area contributed by atoms with Gasteiger partial charge in [0.15, 0.2) is 0 Å². The molecule has 0 fully saturated rings. The fraction of sp³-hybridized carbons (Fsp3) is 0.500. The summed E-state index contributed by atoms with van der Waals surface area (Å²) < 4.78 is 0. The van der Waals surface area contributed by atoms with Crippen LogP contribution in [0.25, 0.3) is 0 Å². The number of nitrogens with one attached hydrogen (secondary N) is 2. The summed E-state index contributed by atoms with van der Waals surface area (Å²) in [5, 5.41) is 5.35. The van der Waals surface area contributed by atoms with E-state index in [4.69, 9.17) is 11.5 Å². The maximum Gasteiger partial charge on any atom is 0.246 e. The van der Waals surface area contributed by atoms with Gasteiger partial charge in [0.05, 0.1) is 0 Å². The fourth-order valence-corrected chi connectivity index (χ4v) is 2.91. The van der Waals surface area contributed by atoms with Crippen LogP contribution in [0.5, 0.6) is 0 Å². The number of nitrogens with two attached hydrogens (primary N) is 2. The Morgan fingerprint density at radius 1 is 0.964 bits per heavy atom. The van der Waals surface area contributed by atoms with Gasteiger partial charge in [0.2, 0.25) is 23.6 Å². The number of benzene rings is 1. The van der Waals surface area contributed by atoms with Crippen molar-refractivity contribution < 1.29 is 19.2 Å². The van der Waals surface area contributed by atoms with Crippen molar-refractivity contribution >= 4 is 29.3 Å². The quantitative estimate of drug-likeness (QED) is 0.399. The molecule has 8 heteroatoms. The molecule has 0 saturated heterocycles. The summed E-state index contributed by atoms with van der Waals surface area (Å²) in [6.45, 7) is 3.25. The van der Waals surface area contributed by atoms with Gasteiger partial charge in [0.1, 0.15) is 6.04 Å². The Kier molecular flexibility index (Phi) is 9.70. The Morgan fingerprint density at radius 2 is 1.64 bits per heavy atom. The predicted octanol–water partition coefficient (Wildman–Crippen LogP) is 1.29. The van der Waals surface area contributed by atoms with E-state index in [2.05, 4.69) is 10.6 Å². The first-order chi connectivity index (χ1) is 13.2. The normalized spacial score (nSPS) is 11.5. The van der Waals surface area contributed by atoms with Crippen molar-refractivity contribution in [1.29, 1.82) is 0 Å². The minimum atomic E-state index is -0.831. The molecule has 0 aliphatic carbocycles. The van der Waals surface area contributed by atoms with Gasteiger partial charge in [0.25, 0.3) is 0 Å². The number of amides is 4. The van der Waals surface area contributed by atoms with Crippen LogP contribution in [-0.2, 0) is 25.6 Å². The van der Waals surface area contributed by atoms with E-state index in [1.807, 2.05) is 25.1 Å². The molecule has 1 atom stereocenters. The van der Waals surface area contributed by atoms with Gasteiger partial charge in [-0.2, -0.15) is 0 Å². The minimum absolute atomic E-state index is 0.00272. The maximum atomic E-state index is 12.5. The molecule has 0 aromatic heterocycles. The highest BCUT2D eigenvalue weighted by Crippen LogP contribution is 2.18. The van der Waals surface area contributed by atoms with Gasteiger partial charge >= 0.3 is 0 Å². The molecule has 6 N–H and O–H groups in total. The second-order valence-corrected chi connectivity index (χ2v) is 6.98. The van der Waals surface area contributed by atoms with E-state index < -0.39 is 17.9 Å². The number of hydrogen-bond donors (Lipinski definition) is 4. The lowest BCUT2D eigenvalue weighted by atomic mass is 10.0. The number of carbonyl (C=O) groups excluding carboxylic acids is 4. The molecule has 4 amide bonds. The largest absolute Gasteiger partial charge is 0.370 e. The Hall–Kier alpha value is -2.90. The molecule has 0 unspecified atom stereocenters. The van der Waals surface area contributed by atoms with E-state index in [1.165, 1.54) is 6.92 Å². The Bertz CT molecular complexity index is 718. The average molecular weight is 390 g/mol. The van der Waals surface area contributed by atoms with Crippen molar-refractivity contribution in [3.05, 3.63) is 29.3 Å². The second-order valence-electron chi connectivity index (χ2n) is 6.98. The zero-order valence-corrected chi connectivity index (χ0v) is 16.5. The van der Waals surface area contributed by atoms with Gasteiger partial charge in [-0.3, -0.25) is 19.2 Å². The highest BCUT2D eigenvalue weighted by Gasteiger charge is 2.20. The topological polar surface area (TPSA) is 144 Å². The summed E-state index contributed by atoms with van der Waals surface area (Å²) in [5.41, 5.74) is 13.0. The Morgan fingerprint density at radius 3 is 2.25 bits per heavy atom. The molecule has 0 aliphatic rings. The molecule has 0 heterocycles.